The van der Waals surface area contributed by atoms with Crippen LogP contribution in [0.4, 0.5) is 5.69 Å². The van der Waals surface area contributed by atoms with E-state index in [-0.39, 0.29) is 11.8 Å². The van der Waals surface area contributed by atoms with E-state index in [1.807, 2.05) is 11.4 Å². The topological polar surface area (TPSA) is 49.4 Å². The Bertz CT molecular complexity index is 700. The molecule has 2 rings (SSSR count). The first-order chi connectivity index (χ1) is 9.90. The number of hydrogen-bond donors (Lipinski definition) is 1. The zero-order valence-electron chi connectivity index (χ0n) is 11.3. The minimum absolute atomic E-state index is 0.214. The van der Waals surface area contributed by atoms with Crippen molar-refractivity contribution in [1.29, 1.82) is 0 Å². The number of benzene rings is 1. The molecule has 4 nitrogen and oxygen atoms in total. The molecule has 0 radical (unpaired) electrons. The zero-order chi connectivity index (χ0) is 15.6. The first-order valence-corrected chi connectivity index (χ1v) is 8.00. The van der Waals surface area contributed by atoms with Gasteiger partial charge in [0.15, 0.2) is 0 Å². The Morgan fingerprint density at radius 3 is 2.57 bits per heavy atom. The van der Waals surface area contributed by atoms with Gasteiger partial charge in [0.25, 0.3) is 11.8 Å². The van der Waals surface area contributed by atoms with Gasteiger partial charge in [0.05, 0.1) is 10.6 Å². The van der Waals surface area contributed by atoms with Crippen LogP contribution in [0.15, 0.2) is 34.1 Å². The summed E-state index contributed by atoms with van der Waals surface area (Å²) < 4.78 is 0.739. The van der Waals surface area contributed by atoms with Crippen LogP contribution in [-0.4, -0.2) is 30.8 Å². The van der Waals surface area contributed by atoms with Gasteiger partial charge in [0.2, 0.25) is 0 Å². The number of nitrogens with zero attached hydrogens (tertiary/aromatic N) is 1. The fraction of sp³-hybridized carbons (Fsp3) is 0.143. The molecule has 0 bridgehead atoms. The fourth-order valence-corrected chi connectivity index (χ4v) is 3.30. The second-order valence-corrected chi connectivity index (χ2v) is 6.62. The van der Waals surface area contributed by atoms with Crippen LogP contribution < -0.4 is 5.32 Å². The summed E-state index contributed by atoms with van der Waals surface area (Å²) in [5.74, 6) is -0.448. The Hall–Kier alpha value is -1.37. The lowest BCUT2D eigenvalue weighted by Gasteiger charge is -2.13. The number of halogens is 2. The van der Waals surface area contributed by atoms with Crippen LogP contribution >= 0.6 is 38.9 Å². The van der Waals surface area contributed by atoms with Gasteiger partial charge in [-0.3, -0.25) is 9.59 Å². The molecule has 0 spiro atoms. The van der Waals surface area contributed by atoms with E-state index in [1.165, 1.54) is 16.2 Å². The number of rotatable bonds is 3. The van der Waals surface area contributed by atoms with E-state index in [1.54, 1.807) is 32.3 Å². The molecule has 0 aliphatic rings. The number of carbonyl (C=O) groups is 2. The molecule has 0 saturated carbocycles. The molecular weight excluding hydrogens is 376 g/mol. The fourth-order valence-electron chi connectivity index (χ4n) is 1.65. The lowest BCUT2D eigenvalue weighted by Crippen LogP contribution is -2.22. The van der Waals surface area contributed by atoms with Gasteiger partial charge in [-0.25, -0.2) is 0 Å². The van der Waals surface area contributed by atoms with E-state index in [9.17, 15) is 9.59 Å². The maximum atomic E-state index is 12.1. The third-order valence-electron chi connectivity index (χ3n) is 2.68. The molecule has 2 amide bonds. The Morgan fingerprint density at radius 1 is 1.29 bits per heavy atom. The first kappa shape index (κ1) is 16.0. The summed E-state index contributed by atoms with van der Waals surface area (Å²) in [7, 11) is 3.29. The smallest absolute Gasteiger partial charge is 0.266 e. The number of amides is 2. The summed E-state index contributed by atoms with van der Waals surface area (Å²) in [5.41, 5.74) is 0.875. The quantitative estimate of drug-likeness (QED) is 0.861. The monoisotopic (exact) mass is 386 g/mol. The summed E-state index contributed by atoms with van der Waals surface area (Å²) in [6.45, 7) is 0. The molecule has 1 heterocycles. The summed E-state index contributed by atoms with van der Waals surface area (Å²) in [4.78, 5) is 26.2. The molecule has 0 atom stereocenters. The van der Waals surface area contributed by atoms with Gasteiger partial charge >= 0.3 is 0 Å². The van der Waals surface area contributed by atoms with Gasteiger partial charge < -0.3 is 10.2 Å². The van der Waals surface area contributed by atoms with Crippen molar-refractivity contribution in [3.05, 3.63) is 49.6 Å². The highest BCUT2D eigenvalue weighted by atomic mass is 79.9. The number of hydrogen-bond acceptors (Lipinski definition) is 3. The minimum atomic E-state index is -0.234. The Labute approximate surface area is 139 Å². The number of carbonyl (C=O) groups excluding carboxylic acids is 2. The van der Waals surface area contributed by atoms with Gasteiger partial charge in [0, 0.05) is 24.3 Å². The van der Waals surface area contributed by atoms with E-state index in [2.05, 4.69) is 21.2 Å². The van der Waals surface area contributed by atoms with Gasteiger partial charge in [-0.1, -0.05) is 11.6 Å². The van der Waals surface area contributed by atoms with Gasteiger partial charge in [-0.05, 0) is 45.6 Å². The van der Waals surface area contributed by atoms with E-state index in [4.69, 9.17) is 11.6 Å². The molecule has 0 aliphatic carbocycles. The molecule has 0 saturated heterocycles. The maximum absolute atomic E-state index is 12.1. The third kappa shape index (κ3) is 3.64. The third-order valence-corrected chi connectivity index (χ3v) is 4.85. The van der Waals surface area contributed by atoms with Crippen LogP contribution in [-0.2, 0) is 0 Å². The molecule has 1 aromatic heterocycles. The average Bonchev–Trinajstić information content (AvgIpc) is 2.86. The second-order valence-electron chi connectivity index (χ2n) is 4.45. The highest BCUT2D eigenvalue weighted by Gasteiger charge is 2.16. The molecule has 2 aromatic rings. The van der Waals surface area contributed by atoms with Crippen LogP contribution in [0.3, 0.4) is 0 Å². The molecule has 110 valence electrons. The SMILES string of the molecule is CN(C)C(=O)c1cc(NC(=O)c2sccc2Br)ccc1Cl. The Kier molecular flexibility index (Phi) is 5.03. The average molecular weight is 388 g/mol. The lowest BCUT2D eigenvalue weighted by atomic mass is 10.1. The molecule has 0 fully saturated rings. The minimum Gasteiger partial charge on any atom is -0.345 e. The zero-order valence-corrected chi connectivity index (χ0v) is 14.5. The predicted octanol–water partition coefficient (Wildman–Crippen LogP) is 4.12. The summed E-state index contributed by atoms with van der Waals surface area (Å²) in [6, 6.07) is 6.64. The van der Waals surface area contributed by atoms with Crippen LogP contribution in [0.25, 0.3) is 0 Å². The van der Waals surface area contributed by atoms with Crippen molar-refractivity contribution >= 4 is 56.4 Å². The Morgan fingerprint density at radius 2 is 2.00 bits per heavy atom. The molecule has 7 heteroatoms. The predicted molar refractivity (Wildman–Crippen MR) is 89.4 cm³/mol. The van der Waals surface area contributed by atoms with Crippen molar-refractivity contribution in [3.8, 4) is 0 Å². The van der Waals surface area contributed by atoms with Crippen molar-refractivity contribution < 1.29 is 9.59 Å². The molecule has 0 aliphatic heterocycles. The normalized spacial score (nSPS) is 10.3. The molecule has 1 aromatic carbocycles. The van der Waals surface area contributed by atoms with E-state index in [0.29, 0.717) is 21.2 Å². The van der Waals surface area contributed by atoms with Crippen molar-refractivity contribution in [2.45, 2.75) is 0 Å². The van der Waals surface area contributed by atoms with Crippen LogP contribution in [0, 0.1) is 0 Å². The molecule has 0 unspecified atom stereocenters. The lowest BCUT2D eigenvalue weighted by molar-refractivity contribution is 0.0827. The van der Waals surface area contributed by atoms with Crippen molar-refractivity contribution in [3.63, 3.8) is 0 Å². The van der Waals surface area contributed by atoms with E-state index < -0.39 is 0 Å². The van der Waals surface area contributed by atoms with Crippen LogP contribution in [0.2, 0.25) is 5.02 Å². The Balaban J connectivity index is 2.26. The molecular formula is C14H12BrClN2O2S. The highest BCUT2D eigenvalue weighted by Crippen LogP contribution is 2.25. The number of nitrogens with one attached hydrogen (secondary N) is 1. The highest BCUT2D eigenvalue weighted by molar-refractivity contribution is 9.10. The first-order valence-electron chi connectivity index (χ1n) is 5.95. The van der Waals surface area contributed by atoms with Gasteiger partial charge in [-0.15, -0.1) is 11.3 Å². The number of anilines is 1. The van der Waals surface area contributed by atoms with Crippen LogP contribution in [0.1, 0.15) is 20.0 Å². The summed E-state index contributed by atoms with van der Waals surface area (Å²) in [5, 5.41) is 4.93. The number of thiophene rings is 1. The van der Waals surface area contributed by atoms with Gasteiger partial charge in [-0.2, -0.15) is 0 Å². The standard InChI is InChI=1S/C14H12BrClN2O2S/c1-18(2)14(20)9-7-8(3-4-11(9)16)17-13(19)12-10(15)5-6-21-12/h3-7H,1-2H3,(H,17,19). The maximum Gasteiger partial charge on any atom is 0.266 e. The second kappa shape index (κ2) is 6.60. The van der Waals surface area contributed by atoms with E-state index in [0.717, 1.165) is 4.47 Å². The largest absolute Gasteiger partial charge is 0.345 e. The van der Waals surface area contributed by atoms with Gasteiger partial charge in [0.1, 0.15) is 4.88 Å². The van der Waals surface area contributed by atoms with Crippen molar-refractivity contribution in [1.82, 2.24) is 4.90 Å². The van der Waals surface area contributed by atoms with Crippen molar-refractivity contribution in [2.24, 2.45) is 0 Å². The molecule has 1 N–H and O–H groups in total. The van der Waals surface area contributed by atoms with Crippen LogP contribution in [0.5, 0.6) is 0 Å². The van der Waals surface area contributed by atoms with E-state index >= 15 is 0 Å². The van der Waals surface area contributed by atoms with Crippen molar-refractivity contribution in [2.75, 3.05) is 19.4 Å². The summed E-state index contributed by atoms with van der Waals surface area (Å²) >= 11 is 10.7. The molecule has 21 heavy (non-hydrogen) atoms. The summed E-state index contributed by atoms with van der Waals surface area (Å²) in [6.07, 6.45) is 0.